The molecule has 1 aromatic carbocycles. The monoisotopic (exact) mass is 325 g/mol. The molecule has 1 aliphatic heterocycles. The van der Waals surface area contributed by atoms with Crippen LogP contribution in [0.3, 0.4) is 0 Å². The van der Waals surface area contributed by atoms with Crippen molar-refractivity contribution in [3.05, 3.63) is 46.1 Å². The lowest BCUT2D eigenvalue weighted by Gasteiger charge is -2.13. The maximum Gasteiger partial charge on any atom is 0.353 e. The molecule has 1 heterocycles. The van der Waals surface area contributed by atoms with E-state index < -0.39 is 18.0 Å². The Balaban J connectivity index is 2.12. The summed E-state index contributed by atoms with van der Waals surface area (Å²) in [6, 6.07) is 9.61. The molecule has 0 saturated carbocycles. The van der Waals surface area contributed by atoms with Crippen LogP contribution in [-0.2, 0) is 25.6 Å². The number of esters is 2. The predicted octanol–water partition coefficient (Wildman–Crippen LogP) is 1.48. The second kappa shape index (κ2) is 5.88. The maximum absolute atomic E-state index is 11.5. The van der Waals surface area contributed by atoms with Crippen LogP contribution in [0.2, 0.25) is 0 Å². The number of nitrogens with one attached hydrogen (secondary N) is 1. The minimum absolute atomic E-state index is 0.221. The predicted molar refractivity (Wildman–Crippen MR) is 71.1 cm³/mol. The van der Waals surface area contributed by atoms with Crippen LogP contribution in [0.5, 0.6) is 0 Å². The number of ether oxygens (including phenoxy) is 2. The molecule has 5 nitrogen and oxygen atoms in total. The topological polar surface area (TPSA) is 64.6 Å². The van der Waals surface area contributed by atoms with Gasteiger partial charge in [0.15, 0.2) is 0 Å². The zero-order chi connectivity index (χ0) is 13.8. The Labute approximate surface area is 118 Å². The number of cyclic esters (lactones) is 1. The molecule has 100 valence electrons. The molecular formula is C13H12BrNO4. The average Bonchev–Trinajstić information content (AvgIpc) is 2.73. The zero-order valence-corrected chi connectivity index (χ0v) is 11.8. The SMILES string of the molecule is COC(=O)C1OC(=O)C(Br)=C1NCc1ccccc1. The summed E-state index contributed by atoms with van der Waals surface area (Å²) in [6.45, 7) is 0.482. The third kappa shape index (κ3) is 2.96. The van der Waals surface area contributed by atoms with Gasteiger partial charge in [0.2, 0.25) is 6.10 Å². The molecule has 6 heteroatoms. The molecule has 0 bridgehead atoms. The Morgan fingerprint density at radius 1 is 1.42 bits per heavy atom. The first-order valence-corrected chi connectivity index (χ1v) is 6.39. The molecule has 0 aromatic heterocycles. The number of halogens is 1. The highest BCUT2D eigenvalue weighted by atomic mass is 79.9. The van der Waals surface area contributed by atoms with Gasteiger partial charge in [0.05, 0.1) is 12.8 Å². The largest absolute Gasteiger partial charge is 0.466 e. The molecule has 1 aliphatic rings. The van der Waals surface area contributed by atoms with Crippen molar-refractivity contribution in [1.82, 2.24) is 5.32 Å². The highest BCUT2D eigenvalue weighted by molar-refractivity contribution is 9.12. The Morgan fingerprint density at radius 2 is 2.11 bits per heavy atom. The number of rotatable bonds is 4. The summed E-state index contributed by atoms with van der Waals surface area (Å²) in [4.78, 5) is 23.0. The lowest BCUT2D eigenvalue weighted by Crippen LogP contribution is -2.31. The lowest BCUT2D eigenvalue weighted by molar-refractivity contribution is -0.158. The second-order valence-corrected chi connectivity index (χ2v) is 4.67. The van der Waals surface area contributed by atoms with Gasteiger partial charge in [-0.3, -0.25) is 0 Å². The van der Waals surface area contributed by atoms with E-state index in [4.69, 9.17) is 4.74 Å². The molecule has 1 aromatic rings. The highest BCUT2D eigenvalue weighted by Crippen LogP contribution is 2.26. The molecule has 0 spiro atoms. The van der Waals surface area contributed by atoms with E-state index in [1.165, 1.54) is 7.11 Å². The van der Waals surface area contributed by atoms with Gasteiger partial charge in [0, 0.05) is 6.54 Å². The van der Waals surface area contributed by atoms with E-state index in [2.05, 4.69) is 26.0 Å². The van der Waals surface area contributed by atoms with Gasteiger partial charge in [-0.15, -0.1) is 0 Å². The van der Waals surface area contributed by atoms with Crippen LogP contribution in [0.4, 0.5) is 0 Å². The van der Waals surface area contributed by atoms with E-state index in [9.17, 15) is 9.59 Å². The lowest BCUT2D eigenvalue weighted by atomic mass is 10.2. The van der Waals surface area contributed by atoms with Crippen LogP contribution < -0.4 is 5.32 Å². The van der Waals surface area contributed by atoms with Crippen molar-refractivity contribution in [3.63, 3.8) is 0 Å². The number of carbonyl (C=O) groups is 2. The average molecular weight is 326 g/mol. The molecule has 2 rings (SSSR count). The summed E-state index contributed by atoms with van der Waals surface area (Å²) in [5.74, 6) is -1.19. The van der Waals surface area contributed by atoms with Crippen molar-refractivity contribution < 1.29 is 19.1 Å². The number of carbonyl (C=O) groups excluding carboxylic acids is 2. The first-order valence-electron chi connectivity index (χ1n) is 5.59. The molecule has 1 atom stereocenters. The van der Waals surface area contributed by atoms with E-state index in [-0.39, 0.29) is 4.48 Å². The van der Waals surface area contributed by atoms with E-state index in [1.807, 2.05) is 30.3 Å². The Kier molecular flexibility index (Phi) is 4.21. The minimum atomic E-state index is -1.03. The summed E-state index contributed by atoms with van der Waals surface area (Å²) in [5, 5.41) is 3.03. The Hall–Kier alpha value is -1.82. The number of benzene rings is 1. The summed E-state index contributed by atoms with van der Waals surface area (Å²) < 4.78 is 9.75. The van der Waals surface area contributed by atoms with Gasteiger partial charge in [-0.25, -0.2) is 9.59 Å². The van der Waals surface area contributed by atoms with Crippen molar-refractivity contribution in [3.8, 4) is 0 Å². The van der Waals surface area contributed by atoms with Crippen molar-refractivity contribution in [1.29, 1.82) is 0 Å². The number of methoxy groups -OCH3 is 1. The van der Waals surface area contributed by atoms with Crippen LogP contribution in [0.1, 0.15) is 5.56 Å². The first kappa shape index (κ1) is 13.6. The molecule has 0 saturated heterocycles. The Bertz CT molecular complexity index is 527. The van der Waals surface area contributed by atoms with Crippen LogP contribution >= 0.6 is 15.9 Å². The molecule has 0 amide bonds. The van der Waals surface area contributed by atoms with Crippen LogP contribution in [0, 0.1) is 0 Å². The summed E-state index contributed by atoms with van der Waals surface area (Å²) in [5.41, 5.74) is 1.42. The summed E-state index contributed by atoms with van der Waals surface area (Å²) >= 11 is 3.12. The van der Waals surface area contributed by atoms with Gasteiger partial charge in [-0.1, -0.05) is 30.3 Å². The maximum atomic E-state index is 11.5. The van der Waals surface area contributed by atoms with Gasteiger partial charge < -0.3 is 14.8 Å². The van der Waals surface area contributed by atoms with Gasteiger partial charge in [-0.05, 0) is 21.5 Å². The van der Waals surface area contributed by atoms with Gasteiger partial charge >= 0.3 is 11.9 Å². The fourth-order valence-electron chi connectivity index (χ4n) is 1.68. The van der Waals surface area contributed by atoms with Crippen molar-refractivity contribution in [2.75, 3.05) is 7.11 Å². The van der Waals surface area contributed by atoms with Gasteiger partial charge in [-0.2, -0.15) is 0 Å². The third-order valence-electron chi connectivity index (χ3n) is 2.64. The molecule has 0 aliphatic carbocycles. The quantitative estimate of drug-likeness (QED) is 0.849. The summed E-state index contributed by atoms with van der Waals surface area (Å²) in [7, 11) is 1.25. The van der Waals surface area contributed by atoms with Crippen LogP contribution in [-0.4, -0.2) is 25.2 Å². The summed E-state index contributed by atoms with van der Waals surface area (Å²) in [6.07, 6.45) is -1.03. The standard InChI is InChI=1S/C13H12BrNO4/c1-18-13(17)11-10(9(14)12(16)19-11)15-7-8-5-3-2-4-6-8/h2-6,11,15H,7H2,1H3. The zero-order valence-electron chi connectivity index (χ0n) is 10.2. The highest BCUT2D eigenvalue weighted by Gasteiger charge is 2.38. The van der Waals surface area contributed by atoms with E-state index in [1.54, 1.807) is 0 Å². The van der Waals surface area contributed by atoms with Gasteiger partial charge in [0.1, 0.15) is 4.48 Å². The Morgan fingerprint density at radius 3 is 2.74 bits per heavy atom. The van der Waals surface area contributed by atoms with Crippen molar-refractivity contribution >= 4 is 27.9 Å². The van der Waals surface area contributed by atoms with Crippen LogP contribution in [0.15, 0.2) is 40.5 Å². The molecule has 0 radical (unpaired) electrons. The van der Waals surface area contributed by atoms with Crippen LogP contribution in [0.25, 0.3) is 0 Å². The molecule has 0 fully saturated rings. The molecule has 19 heavy (non-hydrogen) atoms. The second-order valence-electron chi connectivity index (χ2n) is 3.88. The van der Waals surface area contributed by atoms with E-state index in [0.29, 0.717) is 12.2 Å². The molecular weight excluding hydrogens is 314 g/mol. The number of hydrogen-bond acceptors (Lipinski definition) is 5. The molecule has 1 unspecified atom stereocenters. The normalized spacial score (nSPS) is 18.2. The number of hydrogen-bond donors (Lipinski definition) is 1. The van der Waals surface area contributed by atoms with E-state index in [0.717, 1.165) is 5.56 Å². The van der Waals surface area contributed by atoms with Crippen molar-refractivity contribution in [2.45, 2.75) is 12.6 Å². The fraction of sp³-hybridized carbons (Fsp3) is 0.231. The fourth-order valence-corrected chi connectivity index (χ4v) is 2.12. The van der Waals surface area contributed by atoms with Crippen molar-refractivity contribution in [2.24, 2.45) is 0 Å². The third-order valence-corrected chi connectivity index (χ3v) is 3.39. The van der Waals surface area contributed by atoms with Gasteiger partial charge in [0.25, 0.3) is 0 Å². The molecule has 1 N–H and O–H groups in total. The first-order chi connectivity index (χ1) is 9.13. The minimum Gasteiger partial charge on any atom is -0.466 e. The van der Waals surface area contributed by atoms with E-state index >= 15 is 0 Å². The smallest absolute Gasteiger partial charge is 0.353 e.